The van der Waals surface area contributed by atoms with Crippen LogP contribution in [0.1, 0.15) is 0 Å². The number of phosphoric ester groups is 1. The van der Waals surface area contributed by atoms with Crippen molar-refractivity contribution >= 4 is 18.2 Å². The maximum absolute atomic E-state index is 11.3. The van der Waals surface area contributed by atoms with Gasteiger partial charge in [-0.2, -0.15) is 8.42 Å². The molecule has 0 bridgehead atoms. The third-order valence-electron chi connectivity index (χ3n) is 0.797. The summed E-state index contributed by atoms with van der Waals surface area (Å²) in [6, 6.07) is 0. The standard InChI is InChI=1S/C6H7O7PS/c1-3-5-11-14(7,12-6-4-2)13-15(8,9)10/h1-2H,5-6H2,(H,8,9,10). The van der Waals surface area contributed by atoms with Crippen molar-refractivity contribution < 1.29 is 30.6 Å². The van der Waals surface area contributed by atoms with Crippen LogP contribution in [0, 0.1) is 24.7 Å². The molecule has 0 saturated carbocycles. The largest absolute Gasteiger partial charge is 0.493 e. The number of hydrogen-bond donors (Lipinski definition) is 1. The molecular weight excluding hydrogens is 247 g/mol. The van der Waals surface area contributed by atoms with E-state index in [9.17, 15) is 13.0 Å². The van der Waals surface area contributed by atoms with Crippen LogP contribution in [0.5, 0.6) is 0 Å². The van der Waals surface area contributed by atoms with Crippen LogP contribution in [0.2, 0.25) is 0 Å². The number of rotatable bonds is 6. The molecule has 0 saturated heterocycles. The zero-order chi connectivity index (χ0) is 11.9. The summed E-state index contributed by atoms with van der Waals surface area (Å²) in [7, 11) is -9.49. The van der Waals surface area contributed by atoms with E-state index in [1.165, 1.54) is 0 Å². The second-order valence-electron chi connectivity index (χ2n) is 1.90. The second kappa shape index (κ2) is 5.89. The summed E-state index contributed by atoms with van der Waals surface area (Å²) in [5.74, 6) is 3.81. The van der Waals surface area contributed by atoms with Crippen LogP contribution < -0.4 is 0 Å². The van der Waals surface area contributed by atoms with Crippen molar-refractivity contribution in [3.8, 4) is 24.7 Å². The molecular formula is C6H7O7PS. The van der Waals surface area contributed by atoms with Crippen LogP contribution in [0.4, 0.5) is 0 Å². The maximum Gasteiger partial charge on any atom is 0.493 e. The Balaban J connectivity index is 4.65. The fraction of sp³-hybridized carbons (Fsp3) is 0.333. The van der Waals surface area contributed by atoms with Crippen LogP contribution in [-0.4, -0.2) is 26.2 Å². The summed E-state index contributed by atoms with van der Waals surface area (Å²) < 4.78 is 52.4. The molecule has 0 heterocycles. The van der Waals surface area contributed by atoms with E-state index in [2.05, 4.69) is 13.0 Å². The van der Waals surface area contributed by atoms with Crippen LogP contribution in [-0.2, 0) is 28.0 Å². The van der Waals surface area contributed by atoms with Gasteiger partial charge >= 0.3 is 18.2 Å². The Hall–Kier alpha value is -0.860. The molecule has 0 atom stereocenters. The Morgan fingerprint density at radius 3 is 1.87 bits per heavy atom. The average Bonchev–Trinajstić information content (AvgIpc) is 2.09. The lowest BCUT2D eigenvalue weighted by Crippen LogP contribution is -2.07. The first-order valence-electron chi connectivity index (χ1n) is 3.27. The lowest BCUT2D eigenvalue weighted by Gasteiger charge is -2.12. The molecule has 7 nitrogen and oxygen atoms in total. The molecule has 0 radical (unpaired) electrons. The lowest BCUT2D eigenvalue weighted by molar-refractivity contribution is 0.180. The molecule has 0 fully saturated rings. The van der Waals surface area contributed by atoms with Gasteiger partial charge < -0.3 is 0 Å². The van der Waals surface area contributed by atoms with Crippen molar-refractivity contribution in [2.75, 3.05) is 13.2 Å². The molecule has 0 aliphatic carbocycles. The average molecular weight is 254 g/mol. The molecule has 0 unspecified atom stereocenters. The van der Waals surface area contributed by atoms with Gasteiger partial charge in [-0.3, -0.25) is 13.6 Å². The van der Waals surface area contributed by atoms with E-state index < -0.39 is 31.4 Å². The SMILES string of the molecule is C#CCOP(=O)(OCC#C)OS(=O)(=O)O. The molecule has 0 aromatic heterocycles. The first kappa shape index (κ1) is 14.1. The molecule has 84 valence electrons. The van der Waals surface area contributed by atoms with Gasteiger partial charge in [-0.1, -0.05) is 11.8 Å². The number of phosphoric acid groups is 1. The van der Waals surface area contributed by atoms with E-state index in [0.717, 1.165) is 0 Å². The van der Waals surface area contributed by atoms with Gasteiger partial charge in [0.25, 0.3) is 0 Å². The van der Waals surface area contributed by atoms with E-state index in [1.54, 1.807) is 0 Å². The Labute approximate surface area is 87.3 Å². The van der Waals surface area contributed by atoms with Crippen LogP contribution >= 0.6 is 7.82 Å². The molecule has 0 aliphatic rings. The topological polar surface area (TPSA) is 99.1 Å². The molecule has 0 aromatic carbocycles. The molecule has 0 spiro atoms. The van der Waals surface area contributed by atoms with Gasteiger partial charge in [0.2, 0.25) is 0 Å². The summed E-state index contributed by atoms with van der Waals surface area (Å²) in [6.45, 7) is -1.06. The Morgan fingerprint density at radius 1 is 1.20 bits per heavy atom. The van der Waals surface area contributed by atoms with Crippen molar-refractivity contribution in [3.05, 3.63) is 0 Å². The van der Waals surface area contributed by atoms with Crippen molar-refractivity contribution in [3.63, 3.8) is 0 Å². The zero-order valence-corrected chi connectivity index (χ0v) is 9.03. The minimum absolute atomic E-state index is 0.530. The Morgan fingerprint density at radius 2 is 1.60 bits per heavy atom. The van der Waals surface area contributed by atoms with Crippen molar-refractivity contribution in [2.24, 2.45) is 0 Å². The highest BCUT2D eigenvalue weighted by Gasteiger charge is 2.32. The zero-order valence-electron chi connectivity index (χ0n) is 7.32. The highest BCUT2D eigenvalue weighted by Crippen LogP contribution is 2.50. The summed E-state index contributed by atoms with van der Waals surface area (Å²) in [5, 5.41) is 0. The van der Waals surface area contributed by atoms with Crippen molar-refractivity contribution in [2.45, 2.75) is 0 Å². The van der Waals surface area contributed by atoms with Crippen LogP contribution in [0.25, 0.3) is 0 Å². The third-order valence-corrected chi connectivity index (χ3v) is 3.17. The van der Waals surface area contributed by atoms with Gasteiger partial charge in [0.05, 0.1) is 0 Å². The summed E-state index contributed by atoms with van der Waals surface area (Å²) in [6.07, 6.45) is 9.54. The summed E-state index contributed by atoms with van der Waals surface area (Å²) in [5.41, 5.74) is 0. The second-order valence-corrected chi connectivity index (χ2v) is 4.77. The van der Waals surface area contributed by atoms with Crippen molar-refractivity contribution in [1.82, 2.24) is 0 Å². The van der Waals surface area contributed by atoms with Gasteiger partial charge in [-0.05, 0) is 0 Å². The smallest absolute Gasteiger partial charge is 0.273 e. The molecule has 9 heteroatoms. The van der Waals surface area contributed by atoms with E-state index in [0.29, 0.717) is 0 Å². The van der Waals surface area contributed by atoms with Crippen LogP contribution in [0.15, 0.2) is 0 Å². The lowest BCUT2D eigenvalue weighted by atomic mass is 10.8. The highest BCUT2D eigenvalue weighted by atomic mass is 32.3. The molecule has 0 aromatic rings. The quantitative estimate of drug-likeness (QED) is 0.411. The molecule has 0 rings (SSSR count). The highest BCUT2D eigenvalue weighted by molar-refractivity contribution is 7.85. The van der Waals surface area contributed by atoms with Gasteiger partial charge in [0.1, 0.15) is 13.2 Å². The molecule has 15 heavy (non-hydrogen) atoms. The van der Waals surface area contributed by atoms with E-state index in [1.807, 2.05) is 11.8 Å². The number of terminal acetylenes is 2. The summed E-state index contributed by atoms with van der Waals surface area (Å²) >= 11 is 0. The minimum Gasteiger partial charge on any atom is -0.273 e. The monoisotopic (exact) mass is 254 g/mol. The minimum atomic E-state index is -4.99. The first-order valence-corrected chi connectivity index (χ1v) is 6.10. The van der Waals surface area contributed by atoms with Gasteiger partial charge in [-0.25, -0.2) is 4.57 Å². The van der Waals surface area contributed by atoms with Gasteiger partial charge in [0, 0.05) is 0 Å². The predicted molar refractivity (Wildman–Crippen MR) is 49.8 cm³/mol. The molecule has 1 N–H and O–H groups in total. The number of hydrogen-bond acceptors (Lipinski definition) is 6. The maximum atomic E-state index is 11.3. The first-order chi connectivity index (χ1) is 6.83. The molecule has 0 amide bonds. The van der Waals surface area contributed by atoms with Gasteiger partial charge in [-0.15, -0.1) is 16.8 Å². The Bertz CT molecular complexity index is 403. The summed E-state index contributed by atoms with van der Waals surface area (Å²) in [4.78, 5) is 0. The third kappa shape index (κ3) is 7.11. The fourth-order valence-corrected chi connectivity index (χ4v) is 2.24. The van der Waals surface area contributed by atoms with E-state index >= 15 is 0 Å². The predicted octanol–water partition coefficient (Wildman–Crippen LogP) is 0.214. The normalized spacial score (nSPS) is 11.7. The molecule has 0 aliphatic heterocycles. The van der Waals surface area contributed by atoms with E-state index in [4.69, 9.17) is 17.4 Å². The Kier molecular flexibility index (Phi) is 5.55. The van der Waals surface area contributed by atoms with Gasteiger partial charge in [0.15, 0.2) is 0 Å². The van der Waals surface area contributed by atoms with E-state index in [-0.39, 0.29) is 0 Å². The van der Waals surface area contributed by atoms with Crippen molar-refractivity contribution in [1.29, 1.82) is 0 Å². The van der Waals surface area contributed by atoms with Crippen LogP contribution in [0.3, 0.4) is 0 Å². The fourth-order valence-electron chi connectivity index (χ4n) is 0.428.